The van der Waals surface area contributed by atoms with Crippen molar-refractivity contribution in [1.29, 1.82) is 5.26 Å². The number of pyridine rings is 1. The van der Waals surface area contributed by atoms with Crippen LogP contribution in [0.25, 0.3) is 0 Å². The van der Waals surface area contributed by atoms with Gasteiger partial charge in [0.15, 0.2) is 0 Å². The number of ether oxygens (including phenoxy) is 1. The molecule has 6 heteroatoms. The number of hydrogen-bond acceptors (Lipinski definition) is 5. The van der Waals surface area contributed by atoms with Crippen molar-refractivity contribution in [2.45, 2.75) is 6.61 Å². The molecule has 1 aromatic heterocycles. The summed E-state index contributed by atoms with van der Waals surface area (Å²) < 4.78 is 5.72. The summed E-state index contributed by atoms with van der Waals surface area (Å²) in [5.41, 5.74) is 5.14. The van der Waals surface area contributed by atoms with E-state index in [1.54, 1.807) is 42.7 Å². The summed E-state index contributed by atoms with van der Waals surface area (Å²) in [7, 11) is 0. The molecule has 0 saturated heterocycles. The summed E-state index contributed by atoms with van der Waals surface area (Å²) in [6, 6.07) is 20.1. The van der Waals surface area contributed by atoms with Crippen molar-refractivity contribution in [2.75, 3.05) is 0 Å². The van der Waals surface area contributed by atoms with Gasteiger partial charge in [0.05, 0.1) is 23.4 Å². The number of hydrazone groups is 1. The molecule has 0 bridgehead atoms. The highest BCUT2D eigenvalue weighted by atomic mass is 16.5. The molecular weight excluding hydrogens is 340 g/mol. The lowest BCUT2D eigenvalue weighted by atomic mass is 10.1. The minimum Gasteiger partial charge on any atom is -0.489 e. The lowest BCUT2D eigenvalue weighted by Crippen LogP contribution is -2.17. The third kappa shape index (κ3) is 5.00. The molecule has 0 atom stereocenters. The lowest BCUT2D eigenvalue weighted by Gasteiger charge is -2.07. The Morgan fingerprint density at radius 3 is 2.70 bits per heavy atom. The Balaban J connectivity index is 1.54. The highest BCUT2D eigenvalue weighted by molar-refractivity contribution is 5.94. The van der Waals surface area contributed by atoms with E-state index < -0.39 is 0 Å². The molecule has 1 N–H and O–H groups in total. The monoisotopic (exact) mass is 356 g/mol. The number of carbonyl (C=O) groups excluding carboxylic acids is 1. The van der Waals surface area contributed by atoms with Crippen LogP contribution < -0.4 is 10.2 Å². The van der Waals surface area contributed by atoms with E-state index >= 15 is 0 Å². The van der Waals surface area contributed by atoms with Crippen LogP contribution in [0.1, 0.15) is 27.0 Å². The second kappa shape index (κ2) is 8.92. The standard InChI is InChI=1S/C21H16N4O2/c22-12-17-4-1-2-5-19(17)15-27-20-9-7-16(8-10-20)13-24-25-21(26)18-6-3-11-23-14-18/h1-11,13-14H,15H2,(H,25,26)/b24-13-. The Hall–Kier alpha value is -3.98. The number of nitrogens with zero attached hydrogens (tertiary/aromatic N) is 3. The molecule has 2 aromatic carbocycles. The van der Waals surface area contributed by atoms with Gasteiger partial charge in [-0.05, 0) is 48.0 Å². The highest BCUT2D eigenvalue weighted by Crippen LogP contribution is 2.15. The van der Waals surface area contributed by atoms with Crippen molar-refractivity contribution >= 4 is 12.1 Å². The van der Waals surface area contributed by atoms with Crippen LogP contribution in [0, 0.1) is 11.3 Å². The molecule has 3 aromatic rings. The first-order valence-electron chi connectivity index (χ1n) is 8.20. The SMILES string of the molecule is N#Cc1ccccc1COc1ccc(/C=N\NC(=O)c2cccnc2)cc1. The van der Waals surface area contributed by atoms with E-state index in [2.05, 4.69) is 21.6 Å². The molecular formula is C21H16N4O2. The average Bonchev–Trinajstić information content (AvgIpc) is 2.74. The van der Waals surface area contributed by atoms with Crippen LogP contribution in [0.3, 0.4) is 0 Å². The number of nitriles is 1. The molecule has 0 aliphatic rings. The van der Waals surface area contributed by atoms with Gasteiger partial charge in [0.1, 0.15) is 12.4 Å². The van der Waals surface area contributed by atoms with Crippen LogP contribution in [0.2, 0.25) is 0 Å². The Labute approximate surface area is 156 Å². The van der Waals surface area contributed by atoms with Crippen molar-refractivity contribution in [3.8, 4) is 11.8 Å². The minimum absolute atomic E-state index is 0.318. The first-order valence-corrected chi connectivity index (χ1v) is 8.20. The maximum Gasteiger partial charge on any atom is 0.272 e. The average molecular weight is 356 g/mol. The molecule has 1 heterocycles. The Morgan fingerprint density at radius 1 is 1.15 bits per heavy atom. The van der Waals surface area contributed by atoms with Crippen molar-refractivity contribution < 1.29 is 9.53 Å². The topological polar surface area (TPSA) is 87.4 Å². The molecule has 27 heavy (non-hydrogen) atoms. The molecule has 0 spiro atoms. The van der Waals surface area contributed by atoms with E-state index in [9.17, 15) is 4.79 Å². The number of rotatable bonds is 6. The second-order valence-electron chi connectivity index (χ2n) is 5.57. The van der Waals surface area contributed by atoms with Crippen LogP contribution in [0.5, 0.6) is 5.75 Å². The maximum absolute atomic E-state index is 11.9. The fourth-order valence-electron chi connectivity index (χ4n) is 2.29. The summed E-state index contributed by atoms with van der Waals surface area (Å²) in [5.74, 6) is 0.356. The van der Waals surface area contributed by atoms with Gasteiger partial charge in [0.2, 0.25) is 0 Å². The van der Waals surface area contributed by atoms with Crippen LogP contribution in [-0.2, 0) is 6.61 Å². The van der Waals surface area contributed by atoms with E-state index in [0.717, 1.165) is 11.1 Å². The Morgan fingerprint density at radius 2 is 1.96 bits per heavy atom. The van der Waals surface area contributed by atoms with Gasteiger partial charge in [-0.2, -0.15) is 10.4 Å². The Bertz CT molecular complexity index is 977. The zero-order valence-electron chi connectivity index (χ0n) is 14.4. The number of carbonyl (C=O) groups is 1. The van der Waals surface area contributed by atoms with Crippen molar-refractivity contribution in [3.63, 3.8) is 0 Å². The highest BCUT2D eigenvalue weighted by Gasteiger charge is 2.03. The lowest BCUT2D eigenvalue weighted by molar-refractivity contribution is 0.0955. The molecule has 0 aliphatic heterocycles. The van der Waals surface area contributed by atoms with E-state index in [1.165, 1.54) is 6.20 Å². The molecule has 3 rings (SSSR count). The third-order valence-electron chi connectivity index (χ3n) is 3.72. The van der Waals surface area contributed by atoms with Crippen LogP contribution in [0.4, 0.5) is 0 Å². The number of amides is 1. The first-order chi connectivity index (χ1) is 13.3. The van der Waals surface area contributed by atoms with Gasteiger partial charge in [-0.3, -0.25) is 9.78 Å². The third-order valence-corrected chi connectivity index (χ3v) is 3.72. The number of benzene rings is 2. The largest absolute Gasteiger partial charge is 0.489 e. The van der Waals surface area contributed by atoms with E-state index in [-0.39, 0.29) is 5.91 Å². The summed E-state index contributed by atoms with van der Waals surface area (Å²) in [5, 5.41) is 13.0. The number of nitrogens with one attached hydrogen (secondary N) is 1. The van der Waals surface area contributed by atoms with Gasteiger partial charge in [0, 0.05) is 18.0 Å². The molecule has 0 fully saturated rings. The van der Waals surface area contributed by atoms with Crippen LogP contribution in [-0.4, -0.2) is 17.1 Å². The second-order valence-corrected chi connectivity index (χ2v) is 5.57. The summed E-state index contributed by atoms with van der Waals surface area (Å²) in [6.07, 6.45) is 4.62. The fourth-order valence-corrected chi connectivity index (χ4v) is 2.29. The van der Waals surface area contributed by atoms with Gasteiger partial charge >= 0.3 is 0 Å². The van der Waals surface area contributed by atoms with Crippen molar-refractivity contribution in [1.82, 2.24) is 10.4 Å². The van der Waals surface area contributed by atoms with Crippen molar-refractivity contribution in [2.24, 2.45) is 5.10 Å². The van der Waals surface area contributed by atoms with Crippen molar-refractivity contribution in [3.05, 3.63) is 95.3 Å². The van der Waals surface area contributed by atoms with Gasteiger partial charge in [0.25, 0.3) is 5.91 Å². The van der Waals surface area contributed by atoms with Gasteiger partial charge in [-0.1, -0.05) is 18.2 Å². The molecule has 6 nitrogen and oxygen atoms in total. The predicted octanol–water partition coefficient (Wildman–Crippen LogP) is 3.30. The van der Waals surface area contributed by atoms with E-state index in [4.69, 9.17) is 10.00 Å². The van der Waals surface area contributed by atoms with Gasteiger partial charge in [-0.15, -0.1) is 0 Å². The van der Waals surface area contributed by atoms with Crippen LogP contribution in [0.15, 0.2) is 78.2 Å². The normalized spacial score (nSPS) is 10.3. The van der Waals surface area contributed by atoms with Gasteiger partial charge in [-0.25, -0.2) is 5.43 Å². The maximum atomic E-state index is 11.9. The van der Waals surface area contributed by atoms with Crippen LogP contribution >= 0.6 is 0 Å². The molecule has 132 valence electrons. The number of hydrogen-bond donors (Lipinski definition) is 1. The zero-order valence-corrected chi connectivity index (χ0v) is 14.4. The smallest absolute Gasteiger partial charge is 0.272 e. The molecule has 1 amide bonds. The number of aromatic nitrogens is 1. The Kier molecular flexibility index (Phi) is 5.89. The molecule has 0 aliphatic carbocycles. The van der Waals surface area contributed by atoms with E-state index in [0.29, 0.717) is 23.5 Å². The van der Waals surface area contributed by atoms with E-state index in [1.807, 2.05) is 30.3 Å². The zero-order chi connectivity index (χ0) is 18.9. The molecule has 0 unspecified atom stereocenters. The summed E-state index contributed by atoms with van der Waals surface area (Å²) in [6.45, 7) is 0.318. The summed E-state index contributed by atoms with van der Waals surface area (Å²) >= 11 is 0. The molecule has 0 radical (unpaired) electrons. The van der Waals surface area contributed by atoms with Gasteiger partial charge < -0.3 is 4.74 Å². The summed E-state index contributed by atoms with van der Waals surface area (Å²) in [4.78, 5) is 15.7. The predicted molar refractivity (Wildman–Crippen MR) is 101 cm³/mol. The fraction of sp³-hybridized carbons (Fsp3) is 0.0476. The minimum atomic E-state index is -0.324. The first kappa shape index (κ1) is 17.8. The quantitative estimate of drug-likeness (QED) is 0.542. The molecule has 0 saturated carbocycles.